The minimum atomic E-state index is 0.0729. The SMILES string of the molecule is CCc1cnc(C(C)Nc2cc(-c3ccccc3)nc3ncnn23)s1. The summed E-state index contributed by atoms with van der Waals surface area (Å²) in [6.07, 6.45) is 4.47. The Morgan fingerprint density at radius 1 is 1.20 bits per heavy atom. The maximum Gasteiger partial charge on any atom is 0.254 e. The lowest BCUT2D eigenvalue weighted by atomic mass is 10.1. The molecule has 0 aliphatic carbocycles. The van der Waals surface area contributed by atoms with E-state index in [1.165, 1.54) is 11.2 Å². The van der Waals surface area contributed by atoms with E-state index in [0.717, 1.165) is 28.5 Å². The van der Waals surface area contributed by atoms with Crippen LogP contribution < -0.4 is 5.32 Å². The van der Waals surface area contributed by atoms with Gasteiger partial charge in [0.05, 0.1) is 11.7 Å². The summed E-state index contributed by atoms with van der Waals surface area (Å²) in [7, 11) is 0. The molecule has 1 atom stereocenters. The van der Waals surface area contributed by atoms with Gasteiger partial charge in [-0.1, -0.05) is 37.3 Å². The first-order valence-electron chi connectivity index (χ1n) is 8.22. The van der Waals surface area contributed by atoms with Crippen molar-refractivity contribution in [1.29, 1.82) is 0 Å². The maximum atomic E-state index is 4.60. The van der Waals surface area contributed by atoms with Crippen LogP contribution >= 0.6 is 11.3 Å². The summed E-state index contributed by atoms with van der Waals surface area (Å²) in [5, 5.41) is 8.85. The van der Waals surface area contributed by atoms with Gasteiger partial charge < -0.3 is 5.32 Å². The molecule has 0 saturated heterocycles. The number of hydrogen-bond acceptors (Lipinski definition) is 6. The van der Waals surface area contributed by atoms with Crippen LogP contribution in [0.15, 0.2) is 48.9 Å². The van der Waals surface area contributed by atoms with Crippen LogP contribution in [0.5, 0.6) is 0 Å². The molecule has 0 saturated carbocycles. The van der Waals surface area contributed by atoms with E-state index in [2.05, 4.69) is 39.2 Å². The molecule has 0 amide bonds. The highest BCUT2D eigenvalue weighted by atomic mass is 32.1. The van der Waals surface area contributed by atoms with Crippen LogP contribution in [-0.2, 0) is 6.42 Å². The molecule has 126 valence electrons. The van der Waals surface area contributed by atoms with Crippen molar-refractivity contribution in [3.63, 3.8) is 0 Å². The van der Waals surface area contributed by atoms with Gasteiger partial charge in [0.15, 0.2) is 0 Å². The maximum absolute atomic E-state index is 4.60. The Balaban J connectivity index is 1.71. The van der Waals surface area contributed by atoms with Crippen LogP contribution in [0.3, 0.4) is 0 Å². The van der Waals surface area contributed by atoms with Gasteiger partial charge in [-0.05, 0) is 13.3 Å². The highest BCUT2D eigenvalue weighted by Crippen LogP contribution is 2.26. The zero-order chi connectivity index (χ0) is 17.2. The predicted molar refractivity (Wildman–Crippen MR) is 99.7 cm³/mol. The summed E-state index contributed by atoms with van der Waals surface area (Å²) in [5.74, 6) is 1.42. The number of aryl methyl sites for hydroxylation is 1. The second kappa shape index (κ2) is 6.60. The Labute approximate surface area is 149 Å². The van der Waals surface area contributed by atoms with Gasteiger partial charge in [0.25, 0.3) is 5.78 Å². The van der Waals surface area contributed by atoms with Crippen LogP contribution in [0.2, 0.25) is 0 Å². The van der Waals surface area contributed by atoms with Crippen molar-refractivity contribution in [3.05, 3.63) is 58.8 Å². The van der Waals surface area contributed by atoms with Crippen molar-refractivity contribution in [2.45, 2.75) is 26.3 Å². The zero-order valence-electron chi connectivity index (χ0n) is 14.0. The number of nitrogens with zero attached hydrogens (tertiary/aromatic N) is 5. The molecule has 0 bridgehead atoms. The normalized spacial score (nSPS) is 12.4. The third kappa shape index (κ3) is 3.10. The fourth-order valence-electron chi connectivity index (χ4n) is 2.64. The first-order chi connectivity index (χ1) is 12.2. The van der Waals surface area contributed by atoms with Crippen LogP contribution in [0, 0.1) is 0 Å². The lowest BCUT2D eigenvalue weighted by molar-refractivity contribution is 0.832. The molecule has 1 aromatic carbocycles. The summed E-state index contributed by atoms with van der Waals surface area (Å²) >= 11 is 1.73. The average molecular weight is 350 g/mol. The minimum Gasteiger partial charge on any atom is -0.361 e. The highest BCUT2D eigenvalue weighted by molar-refractivity contribution is 7.11. The molecular weight excluding hydrogens is 332 g/mol. The first-order valence-corrected chi connectivity index (χ1v) is 9.03. The zero-order valence-corrected chi connectivity index (χ0v) is 14.9. The third-order valence-electron chi connectivity index (χ3n) is 3.98. The van der Waals surface area contributed by atoms with E-state index < -0.39 is 0 Å². The van der Waals surface area contributed by atoms with Crippen LogP contribution in [0.1, 0.15) is 29.8 Å². The number of rotatable bonds is 5. The lowest BCUT2D eigenvalue weighted by Crippen LogP contribution is -2.11. The van der Waals surface area contributed by atoms with Gasteiger partial charge in [0, 0.05) is 22.7 Å². The molecule has 1 N–H and O–H groups in total. The van der Waals surface area contributed by atoms with E-state index >= 15 is 0 Å². The Bertz CT molecular complexity index is 991. The topological polar surface area (TPSA) is 68.0 Å². The van der Waals surface area contributed by atoms with Gasteiger partial charge in [-0.15, -0.1) is 11.3 Å². The molecule has 1 unspecified atom stereocenters. The number of hydrogen-bond donors (Lipinski definition) is 1. The number of anilines is 1. The molecule has 0 radical (unpaired) electrons. The van der Waals surface area contributed by atoms with Crippen LogP contribution in [0.4, 0.5) is 5.82 Å². The van der Waals surface area contributed by atoms with Gasteiger partial charge in [0.2, 0.25) is 0 Å². The quantitative estimate of drug-likeness (QED) is 0.589. The van der Waals surface area contributed by atoms with Crippen molar-refractivity contribution in [3.8, 4) is 11.3 Å². The lowest BCUT2D eigenvalue weighted by Gasteiger charge is -2.14. The molecular formula is C18H18N6S. The second-order valence-corrected chi connectivity index (χ2v) is 6.90. The van der Waals surface area contributed by atoms with Crippen LogP contribution in [-0.4, -0.2) is 24.6 Å². The first kappa shape index (κ1) is 15.7. The van der Waals surface area contributed by atoms with Crippen molar-refractivity contribution in [2.24, 2.45) is 0 Å². The van der Waals surface area contributed by atoms with E-state index in [0.29, 0.717) is 5.78 Å². The molecule has 6 nitrogen and oxygen atoms in total. The Morgan fingerprint density at radius 3 is 2.80 bits per heavy atom. The second-order valence-electron chi connectivity index (χ2n) is 5.75. The van der Waals surface area contributed by atoms with E-state index in [1.807, 2.05) is 42.6 Å². The minimum absolute atomic E-state index is 0.0729. The molecule has 7 heteroatoms. The molecule has 4 aromatic rings. The van der Waals surface area contributed by atoms with Crippen molar-refractivity contribution in [1.82, 2.24) is 24.6 Å². The standard InChI is InChI=1S/C18H18N6S/c1-3-14-10-19-17(25-14)12(2)22-16-9-15(13-7-5-4-6-8-13)23-18-20-11-21-24(16)18/h4-12,22H,3H2,1-2H3. The summed E-state index contributed by atoms with van der Waals surface area (Å²) in [6.45, 7) is 4.24. The number of benzene rings is 1. The summed E-state index contributed by atoms with van der Waals surface area (Å²) in [6, 6.07) is 12.2. The van der Waals surface area contributed by atoms with E-state index in [1.54, 1.807) is 15.9 Å². The largest absolute Gasteiger partial charge is 0.361 e. The molecule has 25 heavy (non-hydrogen) atoms. The fraction of sp³-hybridized carbons (Fsp3) is 0.222. The monoisotopic (exact) mass is 350 g/mol. The van der Waals surface area contributed by atoms with E-state index in [9.17, 15) is 0 Å². The molecule has 0 aliphatic heterocycles. The Morgan fingerprint density at radius 2 is 2.04 bits per heavy atom. The predicted octanol–water partition coefficient (Wildman–Crippen LogP) is 3.98. The summed E-state index contributed by atoms with van der Waals surface area (Å²) in [4.78, 5) is 14.7. The summed E-state index contributed by atoms with van der Waals surface area (Å²) < 4.78 is 1.72. The molecule has 3 aromatic heterocycles. The van der Waals surface area contributed by atoms with Gasteiger partial charge >= 0.3 is 0 Å². The number of fused-ring (bicyclic) bond motifs is 1. The van der Waals surface area contributed by atoms with Crippen molar-refractivity contribution in [2.75, 3.05) is 5.32 Å². The molecule has 4 rings (SSSR count). The van der Waals surface area contributed by atoms with E-state index in [-0.39, 0.29) is 6.04 Å². The Kier molecular flexibility index (Phi) is 4.15. The van der Waals surface area contributed by atoms with Crippen molar-refractivity contribution < 1.29 is 0 Å². The number of nitrogens with one attached hydrogen (secondary N) is 1. The van der Waals surface area contributed by atoms with Gasteiger partial charge in [0.1, 0.15) is 17.2 Å². The van der Waals surface area contributed by atoms with Crippen LogP contribution in [0.25, 0.3) is 17.0 Å². The van der Waals surface area contributed by atoms with Crippen molar-refractivity contribution >= 4 is 22.9 Å². The van der Waals surface area contributed by atoms with Gasteiger partial charge in [-0.25, -0.2) is 9.97 Å². The van der Waals surface area contributed by atoms with Gasteiger partial charge in [-0.2, -0.15) is 14.6 Å². The molecule has 0 aliphatic rings. The molecule has 0 fully saturated rings. The molecule has 3 heterocycles. The smallest absolute Gasteiger partial charge is 0.254 e. The Hall–Kier alpha value is -2.80. The fourth-order valence-corrected chi connectivity index (χ4v) is 3.50. The highest BCUT2D eigenvalue weighted by Gasteiger charge is 2.14. The number of thiazole rings is 1. The molecule has 0 spiro atoms. The van der Waals surface area contributed by atoms with Gasteiger partial charge in [-0.3, -0.25) is 0 Å². The summed E-state index contributed by atoms with van der Waals surface area (Å²) in [5.41, 5.74) is 1.91. The third-order valence-corrected chi connectivity index (χ3v) is 5.30. The number of aromatic nitrogens is 5. The van der Waals surface area contributed by atoms with E-state index in [4.69, 9.17) is 0 Å². The average Bonchev–Trinajstić information content (AvgIpc) is 3.31.